The molecule has 4 rings (SSSR count). The van der Waals surface area contributed by atoms with E-state index < -0.39 is 90.9 Å². The highest BCUT2D eigenvalue weighted by atomic mass is 16.7. The van der Waals surface area contributed by atoms with Gasteiger partial charge in [0.15, 0.2) is 23.7 Å². The first-order valence-corrected chi connectivity index (χ1v) is 19.3. The number of fused-ring (bicyclic) bond motifs is 3. The standard InChI is InChI=1S/C42H57NO14/c1-20(2)38(45)52-19-31-34(55-39(46)21(3)4)36(56-40(47)22(5)6)37(57-41(48)23(7)8)42(54-31)53-26-14-15-27-28(18-26)29(43-24(9)44)16-13-25-17-30(49-10)33(50-11)35(51-12)32(25)27/h14-15,17-18,20-23,29,31,34,36-37,42H,13,16,19H2,1-12H3,(H,43,44)/t29-,31+,34+,36-,37+,42-/m0/s1. The molecule has 1 amide bonds. The summed E-state index contributed by atoms with van der Waals surface area (Å²) in [4.78, 5) is 65.0. The summed E-state index contributed by atoms with van der Waals surface area (Å²) in [5, 5.41) is 3.05. The molecule has 1 aliphatic carbocycles. The summed E-state index contributed by atoms with van der Waals surface area (Å²) in [6.45, 7) is 14.1. The highest BCUT2D eigenvalue weighted by molar-refractivity contribution is 5.84. The number of carbonyl (C=O) groups is 5. The van der Waals surface area contributed by atoms with E-state index in [1.165, 1.54) is 21.1 Å². The Balaban J connectivity index is 1.90. The van der Waals surface area contributed by atoms with E-state index in [2.05, 4.69) is 5.32 Å². The Morgan fingerprint density at radius 2 is 1.28 bits per heavy atom. The fourth-order valence-corrected chi connectivity index (χ4v) is 6.46. The number of hydrogen-bond acceptors (Lipinski definition) is 14. The molecule has 0 unspecified atom stereocenters. The van der Waals surface area contributed by atoms with Crippen LogP contribution in [0, 0.1) is 23.7 Å². The minimum atomic E-state index is -1.48. The summed E-state index contributed by atoms with van der Waals surface area (Å²) < 4.78 is 53.6. The lowest BCUT2D eigenvalue weighted by atomic mass is 9.93. The Hall–Kier alpha value is -5.05. The Morgan fingerprint density at radius 3 is 1.81 bits per heavy atom. The molecule has 0 aromatic heterocycles. The van der Waals surface area contributed by atoms with E-state index in [0.29, 0.717) is 35.7 Å². The third-order valence-corrected chi connectivity index (χ3v) is 9.53. The van der Waals surface area contributed by atoms with Crippen LogP contribution in [-0.4, -0.2) is 88.4 Å². The van der Waals surface area contributed by atoms with E-state index >= 15 is 0 Å². The van der Waals surface area contributed by atoms with Crippen molar-refractivity contribution in [3.05, 3.63) is 35.4 Å². The van der Waals surface area contributed by atoms with Crippen molar-refractivity contribution in [2.75, 3.05) is 27.9 Å². The van der Waals surface area contributed by atoms with Crippen LogP contribution < -0.4 is 24.3 Å². The van der Waals surface area contributed by atoms with Gasteiger partial charge in [0, 0.05) is 12.5 Å². The predicted octanol–water partition coefficient (Wildman–Crippen LogP) is 5.51. The average molecular weight is 800 g/mol. The SMILES string of the molecule is COc1cc2c(c(OC)c1OC)-c1ccc(O[C@H]3O[C@H](COC(=O)C(C)C)[C@@H](OC(=O)C(C)C)[C@H](OC(=O)C(C)C)[C@H]3OC(=O)C(C)C)cc1[C@@H](NC(C)=O)CC2. The summed E-state index contributed by atoms with van der Waals surface area (Å²) in [6.07, 6.45) is -5.97. The zero-order valence-corrected chi connectivity index (χ0v) is 34.9. The second kappa shape index (κ2) is 19.4. The van der Waals surface area contributed by atoms with Gasteiger partial charge >= 0.3 is 23.9 Å². The van der Waals surface area contributed by atoms with Crippen molar-refractivity contribution >= 4 is 29.8 Å². The number of rotatable bonds is 15. The first-order valence-electron chi connectivity index (χ1n) is 19.3. The van der Waals surface area contributed by atoms with E-state index in [4.69, 9.17) is 42.6 Å². The number of benzene rings is 2. The van der Waals surface area contributed by atoms with Crippen molar-refractivity contribution in [3.8, 4) is 34.1 Å². The number of amides is 1. The van der Waals surface area contributed by atoms with Gasteiger partial charge in [0.1, 0.15) is 18.5 Å². The van der Waals surface area contributed by atoms with Gasteiger partial charge in [0.25, 0.3) is 0 Å². The van der Waals surface area contributed by atoms with E-state index in [0.717, 1.165) is 16.7 Å². The summed E-state index contributed by atoms with van der Waals surface area (Å²) in [5.41, 5.74) is 3.04. The molecule has 1 saturated heterocycles. The molecule has 1 aliphatic heterocycles. The fraction of sp³-hybridized carbons (Fsp3) is 0.595. The molecule has 2 aromatic carbocycles. The molecule has 15 nitrogen and oxygen atoms in total. The zero-order chi connectivity index (χ0) is 42.3. The van der Waals surface area contributed by atoms with Crippen LogP contribution in [0.3, 0.4) is 0 Å². The second-order valence-electron chi connectivity index (χ2n) is 15.3. The lowest BCUT2D eigenvalue weighted by molar-refractivity contribution is -0.291. The Bertz CT molecular complexity index is 1790. The molecule has 0 saturated carbocycles. The number of esters is 4. The summed E-state index contributed by atoms with van der Waals surface area (Å²) in [6, 6.07) is 6.62. The quantitative estimate of drug-likeness (QED) is 0.176. The monoisotopic (exact) mass is 799 g/mol. The van der Waals surface area contributed by atoms with E-state index in [1.807, 2.05) is 6.07 Å². The maximum Gasteiger partial charge on any atom is 0.309 e. The molecule has 1 N–H and O–H groups in total. The molecule has 57 heavy (non-hydrogen) atoms. The van der Waals surface area contributed by atoms with Gasteiger partial charge in [0.2, 0.25) is 24.1 Å². The van der Waals surface area contributed by atoms with Crippen molar-refractivity contribution in [1.82, 2.24) is 5.32 Å². The lowest BCUT2D eigenvalue weighted by Gasteiger charge is -2.44. The second-order valence-corrected chi connectivity index (χ2v) is 15.3. The van der Waals surface area contributed by atoms with Crippen molar-refractivity contribution in [2.45, 2.75) is 112 Å². The Morgan fingerprint density at radius 1 is 0.719 bits per heavy atom. The topological polar surface area (TPSA) is 180 Å². The van der Waals surface area contributed by atoms with Gasteiger partial charge in [-0.15, -0.1) is 0 Å². The highest BCUT2D eigenvalue weighted by Crippen LogP contribution is 2.51. The number of aryl methyl sites for hydroxylation is 1. The molecular formula is C42H57NO14. The van der Waals surface area contributed by atoms with Crippen LogP contribution >= 0.6 is 0 Å². The molecule has 2 aliphatic rings. The van der Waals surface area contributed by atoms with Gasteiger partial charge < -0.3 is 47.9 Å². The van der Waals surface area contributed by atoms with Crippen molar-refractivity contribution in [3.63, 3.8) is 0 Å². The summed E-state index contributed by atoms with van der Waals surface area (Å²) in [7, 11) is 4.60. The van der Waals surface area contributed by atoms with Crippen LogP contribution in [0.5, 0.6) is 23.0 Å². The molecule has 2 aromatic rings. The minimum absolute atomic E-state index is 0.229. The smallest absolute Gasteiger partial charge is 0.309 e. The largest absolute Gasteiger partial charge is 0.493 e. The van der Waals surface area contributed by atoms with Crippen molar-refractivity contribution < 1.29 is 66.6 Å². The van der Waals surface area contributed by atoms with Crippen LogP contribution in [0.1, 0.15) is 85.9 Å². The number of nitrogens with one attached hydrogen (secondary N) is 1. The fourth-order valence-electron chi connectivity index (χ4n) is 6.46. The summed E-state index contributed by atoms with van der Waals surface area (Å²) >= 11 is 0. The normalized spacial score (nSPS) is 21.5. The first-order chi connectivity index (χ1) is 26.9. The molecule has 6 atom stereocenters. The molecular weight excluding hydrogens is 742 g/mol. The van der Waals surface area contributed by atoms with E-state index in [-0.39, 0.29) is 11.7 Å². The average Bonchev–Trinajstić information content (AvgIpc) is 3.30. The number of ether oxygens (including phenoxy) is 9. The van der Waals surface area contributed by atoms with Gasteiger partial charge in [-0.2, -0.15) is 0 Å². The molecule has 0 radical (unpaired) electrons. The Labute approximate surface area is 334 Å². The van der Waals surface area contributed by atoms with Crippen LogP contribution in [0.4, 0.5) is 0 Å². The van der Waals surface area contributed by atoms with Crippen LogP contribution in [0.25, 0.3) is 11.1 Å². The van der Waals surface area contributed by atoms with E-state index in [9.17, 15) is 24.0 Å². The van der Waals surface area contributed by atoms with Crippen molar-refractivity contribution in [2.24, 2.45) is 23.7 Å². The molecule has 1 fully saturated rings. The van der Waals surface area contributed by atoms with Crippen LogP contribution in [0.15, 0.2) is 24.3 Å². The van der Waals surface area contributed by atoms with Gasteiger partial charge in [-0.3, -0.25) is 24.0 Å². The minimum Gasteiger partial charge on any atom is -0.493 e. The van der Waals surface area contributed by atoms with Gasteiger partial charge in [0.05, 0.1) is 51.0 Å². The molecule has 15 heteroatoms. The number of hydrogen-bond donors (Lipinski definition) is 1. The molecule has 0 spiro atoms. The predicted molar refractivity (Wildman–Crippen MR) is 206 cm³/mol. The third-order valence-electron chi connectivity index (χ3n) is 9.53. The lowest BCUT2D eigenvalue weighted by Crippen LogP contribution is -2.64. The molecule has 314 valence electrons. The van der Waals surface area contributed by atoms with Crippen LogP contribution in [-0.2, 0) is 54.1 Å². The van der Waals surface area contributed by atoms with E-state index in [1.54, 1.807) is 80.7 Å². The number of methoxy groups -OCH3 is 3. The molecule has 1 heterocycles. The van der Waals surface area contributed by atoms with Gasteiger partial charge in [-0.1, -0.05) is 61.5 Å². The summed E-state index contributed by atoms with van der Waals surface area (Å²) in [5.74, 6) is -3.57. The first kappa shape index (κ1) is 44.7. The highest BCUT2D eigenvalue weighted by Gasteiger charge is 2.54. The Kier molecular flexibility index (Phi) is 15.2. The number of carbonyl (C=O) groups excluding carboxylic acids is 5. The maximum atomic E-state index is 13.3. The maximum absolute atomic E-state index is 13.3. The zero-order valence-electron chi connectivity index (χ0n) is 34.9. The third kappa shape index (κ3) is 10.5. The molecule has 0 bridgehead atoms. The van der Waals surface area contributed by atoms with Gasteiger partial charge in [-0.05, 0) is 47.7 Å². The van der Waals surface area contributed by atoms with Gasteiger partial charge in [-0.25, -0.2) is 0 Å². The van der Waals surface area contributed by atoms with Crippen LogP contribution in [0.2, 0.25) is 0 Å². The van der Waals surface area contributed by atoms with Crippen molar-refractivity contribution in [1.29, 1.82) is 0 Å².